The molecule has 0 aromatic heterocycles. The maximum absolute atomic E-state index is 8.33. The first-order chi connectivity index (χ1) is 2.83. The van der Waals surface area contributed by atoms with Crippen molar-refractivity contribution >= 4 is 0 Å². The molecular formula is C2H8N2O2. The number of nitrogens with two attached hydrogens (primary N) is 1. The van der Waals surface area contributed by atoms with Crippen LogP contribution in [0, 0.1) is 4.91 Å². The van der Waals surface area contributed by atoms with E-state index in [1.54, 1.807) is 12.2 Å². The van der Waals surface area contributed by atoms with Crippen LogP contribution in [0.3, 0.4) is 0 Å². The second-order valence-corrected chi connectivity index (χ2v) is 0.422. The molecule has 0 rings (SSSR count). The van der Waals surface area contributed by atoms with Gasteiger partial charge in [-0.25, -0.2) is 0 Å². The molecule has 0 amide bonds. The Labute approximate surface area is 35.9 Å². The van der Waals surface area contributed by atoms with Crippen LogP contribution in [0.5, 0.6) is 0 Å². The predicted octanol–water partition coefficient (Wildman–Crippen LogP) is -0.375. The summed E-state index contributed by atoms with van der Waals surface area (Å²) in [5, 5.41) is 9.32. The Kier molecular flexibility index (Phi) is 40.0. The van der Waals surface area contributed by atoms with Crippen LogP contribution in [0.15, 0.2) is 5.29 Å². The van der Waals surface area contributed by atoms with Crippen molar-refractivity contribution < 1.29 is 5.11 Å². The second-order valence-electron chi connectivity index (χ2n) is 0.422. The number of rotatable bonds is 0. The van der Waals surface area contributed by atoms with Gasteiger partial charge < -0.3 is 5.11 Å². The van der Waals surface area contributed by atoms with Crippen LogP contribution < -0.4 is 5.84 Å². The smallest absolute Gasteiger partial charge is 0.0468 e. The van der Waals surface area contributed by atoms with Gasteiger partial charge in [0.05, 0.1) is 0 Å². The third-order valence-electron chi connectivity index (χ3n) is 0. The molecule has 0 atom stereocenters. The van der Waals surface area contributed by atoms with Gasteiger partial charge in [-0.1, -0.05) is 0 Å². The van der Waals surface area contributed by atoms with Gasteiger partial charge >= 0.3 is 0 Å². The Morgan fingerprint density at radius 3 is 2.00 bits per heavy atom. The van der Waals surface area contributed by atoms with Crippen molar-refractivity contribution in [3.8, 4) is 0 Å². The molecule has 4 nitrogen and oxygen atoms in total. The van der Waals surface area contributed by atoms with Crippen LogP contribution in [0.2, 0.25) is 0 Å². The van der Waals surface area contributed by atoms with Crippen LogP contribution in [0.1, 0.15) is 6.92 Å². The van der Waals surface area contributed by atoms with Crippen LogP contribution >= 0.6 is 0 Å². The summed E-state index contributed by atoms with van der Waals surface area (Å²) in [5.41, 5.74) is 0. The van der Waals surface area contributed by atoms with Crippen LogP contribution in [0.25, 0.3) is 0 Å². The van der Waals surface area contributed by atoms with Gasteiger partial charge in [-0.2, -0.15) is 0 Å². The lowest BCUT2D eigenvalue weighted by molar-refractivity contribution is 0.318. The van der Waals surface area contributed by atoms with E-state index in [0.717, 1.165) is 0 Å². The highest BCUT2D eigenvalue weighted by Crippen LogP contribution is 1.30. The monoisotopic (exact) mass is 92.1 g/mol. The maximum Gasteiger partial charge on any atom is 0.0468 e. The fourth-order valence-corrected chi connectivity index (χ4v) is 0. The van der Waals surface area contributed by atoms with Crippen LogP contribution in [-0.4, -0.2) is 11.7 Å². The molecule has 0 bridgehead atoms. The standard InChI is InChI=1S/C2H6O.H2N2O/c2*1-2-3/h3H,2H2,1H3;(H2,1,3). The molecule has 0 fully saturated rings. The molecule has 0 aliphatic heterocycles. The number of aliphatic hydroxyl groups excluding tert-OH is 1. The third kappa shape index (κ3) is 45.7. The zero-order valence-electron chi connectivity index (χ0n) is 3.59. The van der Waals surface area contributed by atoms with Gasteiger partial charge in [0.2, 0.25) is 0 Å². The van der Waals surface area contributed by atoms with E-state index in [1.807, 2.05) is 0 Å². The molecule has 0 aromatic rings. The Hall–Kier alpha value is -0.640. The van der Waals surface area contributed by atoms with E-state index in [-0.39, 0.29) is 6.61 Å². The molecule has 38 valence electrons. The molecule has 0 aromatic carbocycles. The molecule has 0 saturated heterocycles. The van der Waals surface area contributed by atoms with E-state index >= 15 is 0 Å². The summed E-state index contributed by atoms with van der Waals surface area (Å²) >= 11 is 0. The summed E-state index contributed by atoms with van der Waals surface area (Å²) in [5.74, 6) is 3.92. The zero-order valence-corrected chi connectivity index (χ0v) is 3.59. The summed E-state index contributed by atoms with van der Waals surface area (Å²) in [6.07, 6.45) is 0. The Balaban J connectivity index is 0. The van der Waals surface area contributed by atoms with Crippen LogP contribution in [0.4, 0.5) is 0 Å². The summed E-state index contributed by atoms with van der Waals surface area (Å²) in [6, 6.07) is 0. The minimum atomic E-state index is 0.250. The summed E-state index contributed by atoms with van der Waals surface area (Å²) in [4.78, 5) is 8.33. The molecule has 6 heavy (non-hydrogen) atoms. The van der Waals surface area contributed by atoms with Crippen molar-refractivity contribution in [1.29, 1.82) is 0 Å². The van der Waals surface area contributed by atoms with Crippen molar-refractivity contribution in [2.45, 2.75) is 6.92 Å². The largest absolute Gasteiger partial charge is 0.397 e. The Morgan fingerprint density at radius 1 is 2.00 bits per heavy atom. The lowest BCUT2D eigenvalue weighted by atomic mass is 10.9. The predicted molar refractivity (Wildman–Crippen MR) is 22.7 cm³/mol. The van der Waals surface area contributed by atoms with Crippen molar-refractivity contribution in [2.75, 3.05) is 6.61 Å². The summed E-state index contributed by atoms with van der Waals surface area (Å²) < 4.78 is 0. The minimum absolute atomic E-state index is 0.250. The van der Waals surface area contributed by atoms with Gasteiger partial charge in [0.25, 0.3) is 0 Å². The van der Waals surface area contributed by atoms with Gasteiger partial charge in [-0.3, -0.25) is 5.84 Å². The van der Waals surface area contributed by atoms with Gasteiger partial charge in [0.15, 0.2) is 0 Å². The summed E-state index contributed by atoms with van der Waals surface area (Å²) in [7, 11) is 0. The minimum Gasteiger partial charge on any atom is -0.397 e. The highest BCUT2D eigenvalue weighted by molar-refractivity contribution is 3.93. The molecule has 0 saturated carbocycles. The normalized spacial score (nSPS) is 5.00. The van der Waals surface area contributed by atoms with E-state index in [0.29, 0.717) is 0 Å². The second kappa shape index (κ2) is 26.6. The molecule has 4 heteroatoms. The third-order valence-corrected chi connectivity index (χ3v) is 0. The van der Waals surface area contributed by atoms with Crippen molar-refractivity contribution in [1.82, 2.24) is 0 Å². The molecule has 0 heterocycles. The van der Waals surface area contributed by atoms with E-state index in [1.165, 1.54) is 0 Å². The maximum atomic E-state index is 8.33. The zero-order chi connectivity index (χ0) is 5.41. The number of nitroso groups, excluding NO2 is 1. The van der Waals surface area contributed by atoms with Gasteiger partial charge in [0, 0.05) is 11.9 Å². The van der Waals surface area contributed by atoms with E-state index in [2.05, 4.69) is 5.84 Å². The fourth-order valence-electron chi connectivity index (χ4n) is 0. The Morgan fingerprint density at radius 2 is 2.00 bits per heavy atom. The number of hydrogen-bond acceptors (Lipinski definition) is 3. The average Bonchev–Trinajstić information content (AvgIpc) is 1.39. The molecule has 0 unspecified atom stereocenters. The van der Waals surface area contributed by atoms with Gasteiger partial charge in [-0.05, 0) is 6.92 Å². The Bertz CT molecular complexity index is 23.5. The topological polar surface area (TPSA) is 75.7 Å². The average molecular weight is 92.1 g/mol. The highest BCUT2D eigenvalue weighted by Gasteiger charge is 1.34. The summed E-state index contributed by atoms with van der Waals surface area (Å²) in [6.45, 7) is 1.93. The van der Waals surface area contributed by atoms with Gasteiger partial charge in [-0.15, -0.1) is 4.91 Å². The molecule has 3 N–H and O–H groups in total. The lowest BCUT2D eigenvalue weighted by Crippen LogP contribution is -1.66. The first-order valence-corrected chi connectivity index (χ1v) is 1.46. The van der Waals surface area contributed by atoms with Crippen molar-refractivity contribution in [2.24, 2.45) is 11.1 Å². The van der Waals surface area contributed by atoms with Crippen molar-refractivity contribution in [3.05, 3.63) is 4.91 Å². The van der Waals surface area contributed by atoms with Gasteiger partial charge in [0.1, 0.15) is 0 Å². The quantitative estimate of drug-likeness (QED) is 0.243. The van der Waals surface area contributed by atoms with E-state index in [9.17, 15) is 0 Å². The molecule has 0 aliphatic carbocycles. The SMILES string of the molecule is CCO.NN=O. The number of nitrogens with zero attached hydrogens (tertiary/aromatic N) is 1. The molecule has 0 aliphatic rings. The number of aliphatic hydroxyl groups is 1. The van der Waals surface area contributed by atoms with Crippen molar-refractivity contribution in [3.63, 3.8) is 0 Å². The first kappa shape index (κ1) is 9.03. The van der Waals surface area contributed by atoms with E-state index < -0.39 is 0 Å². The van der Waals surface area contributed by atoms with Crippen LogP contribution in [-0.2, 0) is 0 Å². The molecular weight excluding hydrogens is 84.0 g/mol. The molecule has 0 radical (unpaired) electrons. The molecule has 0 spiro atoms. The lowest BCUT2D eigenvalue weighted by Gasteiger charge is -1.52. The highest BCUT2D eigenvalue weighted by atomic mass is 16.3. The number of hydrogen-bond donors (Lipinski definition) is 2. The fraction of sp³-hybridized carbons (Fsp3) is 1.00. The first-order valence-electron chi connectivity index (χ1n) is 1.46. The van der Waals surface area contributed by atoms with E-state index in [4.69, 9.17) is 10.0 Å².